The van der Waals surface area contributed by atoms with Crippen LogP contribution in [0.2, 0.25) is 10.0 Å². The molecule has 4 nitrogen and oxygen atoms in total. The van der Waals surface area contributed by atoms with E-state index in [4.69, 9.17) is 23.2 Å². The molecule has 0 spiro atoms. The number of benzene rings is 2. The Morgan fingerprint density at radius 3 is 1.90 bits per heavy atom. The van der Waals surface area contributed by atoms with Gasteiger partial charge in [0, 0.05) is 38.0 Å². The van der Waals surface area contributed by atoms with E-state index in [9.17, 15) is 9.59 Å². The average molecular weight is 551 g/mol. The topological polar surface area (TPSA) is 50.1 Å². The van der Waals surface area contributed by atoms with Crippen LogP contribution in [-0.2, 0) is 0 Å². The van der Waals surface area contributed by atoms with Gasteiger partial charge in [-0.2, -0.15) is 4.57 Å². The SMILES string of the molecule is Cc1cc(C)c[n+](C2=C(Nc3cc(Cl)cc(Cl)c3)C(=O)c3ccccc3C2=O)c1.[I-]. The summed E-state index contributed by atoms with van der Waals surface area (Å²) < 4.78 is 1.70. The Kier molecular flexibility index (Phi) is 6.65. The fourth-order valence-corrected chi connectivity index (χ4v) is 4.06. The van der Waals surface area contributed by atoms with Crippen molar-refractivity contribution in [2.75, 3.05) is 5.32 Å². The van der Waals surface area contributed by atoms with Gasteiger partial charge in [-0.15, -0.1) is 0 Å². The highest BCUT2D eigenvalue weighted by molar-refractivity contribution is 6.37. The van der Waals surface area contributed by atoms with Gasteiger partial charge in [-0.25, -0.2) is 0 Å². The molecule has 3 aromatic rings. The number of aromatic nitrogens is 1. The molecule has 7 heteroatoms. The molecular weight excluding hydrogens is 534 g/mol. The Labute approximate surface area is 201 Å². The number of hydrogen-bond acceptors (Lipinski definition) is 3. The van der Waals surface area contributed by atoms with Gasteiger partial charge in [-0.05, 0) is 38.1 Å². The first-order chi connectivity index (χ1) is 13.8. The lowest BCUT2D eigenvalue weighted by Crippen LogP contribution is -3.00. The third-order valence-electron chi connectivity index (χ3n) is 4.63. The molecule has 2 aromatic carbocycles. The summed E-state index contributed by atoms with van der Waals surface area (Å²) in [4.78, 5) is 26.7. The molecule has 1 heterocycles. The van der Waals surface area contributed by atoms with Gasteiger partial charge in [0.15, 0.2) is 18.1 Å². The third-order valence-corrected chi connectivity index (χ3v) is 5.06. The number of allylic oxidation sites excluding steroid dienone is 2. The maximum Gasteiger partial charge on any atom is 0.286 e. The predicted octanol–water partition coefficient (Wildman–Crippen LogP) is 2.26. The number of aryl methyl sites for hydroxylation is 2. The lowest BCUT2D eigenvalue weighted by molar-refractivity contribution is -0.578. The Balaban J connectivity index is 0.00000256. The number of ketones is 2. The summed E-state index contributed by atoms with van der Waals surface area (Å²) in [5.74, 6) is -0.496. The Bertz CT molecular complexity index is 1180. The molecule has 0 radical (unpaired) electrons. The summed E-state index contributed by atoms with van der Waals surface area (Å²) in [6.07, 6.45) is 3.65. The van der Waals surface area contributed by atoms with Crippen LogP contribution in [0.3, 0.4) is 0 Å². The van der Waals surface area contributed by atoms with Gasteiger partial charge in [-0.3, -0.25) is 9.59 Å². The second-order valence-corrected chi connectivity index (χ2v) is 7.88. The summed E-state index contributed by atoms with van der Waals surface area (Å²) in [6, 6.07) is 13.7. The lowest BCUT2D eigenvalue weighted by Gasteiger charge is -2.19. The van der Waals surface area contributed by atoms with Gasteiger partial charge < -0.3 is 29.3 Å². The van der Waals surface area contributed by atoms with E-state index in [1.165, 1.54) is 0 Å². The van der Waals surface area contributed by atoms with Crippen LogP contribution in [0.1, 0.15) is 31.8 Å². The molecule has 1 aromatic heterocycles. The number of halogens is 3. The fourth-order valence-electron chi connectivity index (χ4n) is 3.53. The minimum Gasteiger partial charge on any atom is -1.00 e. The van der Waals surface area contributed by atoms with E-state index in [1.54, 1.807) is 47.0 Å². The molecule has 1 N–H and O–H groups in total. The molecule has 0 fully saturated rings. The number of nitrogens with zero attached hydrogens (tertiary/aromatic N) is 1. The van der Waals surface area contributed by atoms with Gasteiger partial charge in [0.25, 0.3) is 11.5 Å². The smallest absolute Gasteiger partial charge is 0.286 e. The third kappa shape index (κ3) is 4.29. The molecule has 0 aliphatic heterocycles. The van der Waals surface area contributed by atoms with Crippen molar-refractivity contribution < 1.29 is 38.1 Å². The highest BCUT2D eigenvalue weighted by Crippen LogP contribution is 2.30. The molecule has 30 heavy (non-hydrogen) atoms. The van der Waals surface area contributed by atoms with Gasteiger partial charge in [0.05, 0.1) is 0 Å². The van der Waals surface area contributed by atoms with Gasteiger partial charge in [0.1, 0.15) is 0 Å². The van der Waals surface area contributed by atoms with Crippen molar-refractivity contribution in [3.8, 4) is 0 Å². The standard InChI is InChI=1S/C23H16Cl2N2O2.HI/c1-13-7-14(2)12-27(11-13)21-20(26-17-9-15(24)8-16(25)10-17)22(28)18-5-3-4-6-19(18)23(21)29;/h3-12H,1-2H3;1H. The second-order valence-electron chi connectivity index (χ2n) is 7.01. The Morgan fingerprint density at radius 2 is 1.33 bits per heavy atom. The monoisotopic (exact) mass is 550 g/mol. The number of Topliss-reactive ketones (excluding diaryl/α,β-unsaturated/α-hetero) is 2. The van der Waals surface area contributed by atoms with E-state index < -0.39 is 0 Å². The van der Waals surface area contributed by atoms with Crippen LogP contribution in [0.5, 0.6) is 0 Å². The minimum absolute atomic E-state index is 0. The molecule has 152 valence electrons. The molecule has 0 unspecified atom stereocenters. The van der Waals surface area contributed by atoms with E-state index in [0.717, 1.165) is 11.1 Å². The maximum absolute atomic E-state index is 13.4. The highest BCUT2D eigenvalue weighted by atomic mass is 127. The highest BCUT2D eigenvalue weighted by Gasteiger charge is 2.38. The number of fused-ring (bicyclic) bond motifs is 1. The van der Waals surface area contributed by atoms with Crippen molar-refractivity contribution in [1.82, 2.24) is 0 Å². The van der Waals surface area contributed by atoms with Crippen molar-refractivity contribution in [2.24, 2.45) is 0 Å². The summed E-state index contributed by atoms with van der Waals surface area (Å²) in [7, 11) is 0. The van der Waals surface area contributed by atoms with E-state index >= 15 is 0 Å². The second kappa shape index (κ2) is 8.88. The van der Waals surface area contributed by atoms with Crippen LogP contribution < -0.4 is 33.9 Å². The average Bonchev–Trinajstić information content (AvgIpc) is 2.64. The van der Waals surface area contributed by atoms with E-state index in [2.05, 4.69) is 5.32 Å². The normalized spacial score (nSPS) is 13.1. The summed E-state index contributed by atoms with van der Waals surface area (Å²) in [6.45, 7) is 3.88. The van der Waals surface area contributed by atoms with E-state index in [1.807, 2.05) is 32.3 Å². The Morgan fingerprint density at radius 1 is 0.800 bits per heavy atom. The quantitative estimate of drug-likeness (QED) is 0.402. The van der Waals surface area contributed by atoms with Crippen LogP contribution in [0.15, 0.2) is 66.6 Å². The molecule has 0 saturated heterocycles. The minimum atomic E-state index is -0.266. The largest absolute Gasteiger partial charge is 1.00 e. The first-order valence-corrected chi connectivity index (χ1v) is 9.75. The van der Waals surface area contributed by atoms with Crippen LogP contribution in [0.4, 0.5) is 5.69 Å². The van der Waals surface area contributed by atoms with Crippen molar-refractivity contribution >= 4 is 46.2 Å². The number of hydrogen-bond donors (Lipinski definition) is 1. The number of pyridine rings is 1. The van der Waals surface area contributed by atoms with E-state index in [-0.39, 0.29) is 46.9 Å². The van der Waals surface area contributed by atoms with Gasteiger partial charge in [0.2, 0.25) is 5.78 Å². The van der Waals surface area contributed by atoms with Crippen molar-refractivity contribution in [3.63, 3.8) is 0 Å². The molecule has 1 aliphatic carbocycles. The summed E-state index contributed by atoms with van der Waals surface area (Å²) in [5, 5.41) is 3.94. The molecular formula is C23H17Cl2IN2O2. The fraction of sp³-hybridized carbons (Fsp3) is 0.0870. The van der Waals surface area contributed by atoms with Crippen LogP contribution in [0.25, 0.3) is 5.70 Å². The van der Waals surface area contributed by atoms with Gasteiger partial charge in [-0.1, -0.05) is 47.5 Å². The zero-order chi connectivity index (χ0) is 20.7. The summed E-state index contributed by atoms with van der Waals surface area (Å²) >= 11 is 12.2. The van der Waals surface area contributed by atoms with Crippen LogP contribution in [-0.4, -0.2) is 11.6 Å². The van der Waals surface area contributed by atoms with Crippen LogP contribution in [0, 0.1) is 13.8 Å². The first-order valence-electron chi connectivity index (χ1n) is 8.99. The van der Waals surface area contributed by atoms with Gasteiger partial charge >= 0.3 is 0 Å². The molecule has 0 bridgehead atoms. The molecule has 0 saturated carbocycles. The zero-order valence-electron chi connectivity index (χ0n) is 16.2. The number of nitrogens with one attached hydrogen (secondary N) is 1. The number of anilines is 1. The first kappa shape index (κ1) is 22.5. The molecule has 4 rings (SSSR count). The molecule has 0 atom stereocenters. The number of rotatable bonds is 3. The lowest BCUT2D eigenvalue weighted by atomic mass is 9.90. The predicted molar refractivity (Wildman–Crippen MR) is 115 cm³/mol. The number of carbonyl (C=O) groups is 2. The maximum atomic E-state index is 13.4. The number of carbonyl (C=O) groups excluding carboxylic acids is 2. The molecule has 0 amide bonds. The van der Waals surface area contributed by atoms with Crippen molar-refractivity contribution in [3.05, 3.63) is 98.9 Å². The molecule has 1 aliphatic rings. The van der Waals surface area contributed by atoms with Crippen molar-refractivity contribution in [1.29, 1.82) is 0 Å². The summed E-state index contributed by atoms with van der Waals surface area (Å²) in [5.41, 5.74) is 3.67. The van der Waals surface area contributed by atoms with E-state index in [0.29, 0.717) is 26.9 Å². The Hall–Kier alpha value is -2.22. The zero-order valence-corrected chi connectivity index (χ0v) is 19.8. The van der Waals surface area contributed by atoms with Crippen LogP contribution >= 0.6 is 23.2 Å². The van der Waals surface area contributed by atoms with Crippen molar-refractivity contribution in [2.45, 2.75) is 13.8 Å².